The summed E-state index contributed by atoms with van der Waals surface area (Å²) in [4.78, 5) is 27.8. The summed E-state index contributed by atoms with van der Waals surface area (Å²) in [6.07, 6.45) is -0.128. The van der Waals surface area contributed by atoms with Gasteiger partial charge in [0, 0.05) is 27.5 Å². The van der Waals surface area contributed by atoms with Gasteiger partial charge in [0.05, 0.1) is 28.2 Å². The molecule has 10 heteroatoms. The van der Waals surface area contributed by atoms with E-state index in [0.717, 1.165) is 32.0 Å². The average molecular weight is 605 g/mol. The van der Waals surface area contributed by atoms with E-state index in [1.807, 2.05) is 47.8 Å². The number of hydrogen-bond acceptors (Lipinski definition) is 5. The lowest BCUT2D eigenvalue weighted by Gasteiger charge is -2.20. The monoisotopic (exact) mass is 603 g/mol. The number of carbonyl (C=O) groups excluding carboxylic acids is 1. The van der Waals surface area contributed by atoms with Gasteiger partial charge in [-0.3, -0.25) is 9.59 Å². The van der Waals surface area contributed by atoms with Gasteiger partial charge in [0.2, 0.25) is 0 Å². The quantitative estimate of drug-likeness (QED) is 0.187. The summed E-state index contributed by atoms with van der Waals surface area (Å²) in [6, 6.07) is 20.3. The van der Waals surface area contributed by atoms with E-state index in [1.165, 1.54) is 11.3 Å². The average Bonchev–Trinajstić information content (AvgIpc) is 3.33. The zero-order valence-electron chi connectivity index (χ0n) is 18.7. The molecule has 0 aliphatic carbocycles. The van der Waals surface area contributed by atoms with Crippen LogP contribution in [0.15, 0.2) is 76.6 Å². The van der Waals surface area contributed by atoms with Crippen LogP contribution < -0.4 is 10.6 Å². The van der Waals surface area contributed by atoms with E-state index in [-0.39, 0.29) is 24.9 Å². The van der Waals surface area contributed by atoms with Crippen LogP contribution in [-0.4, -0.2) is 28.5 Å². The first kappa shape index (κ1) is 26.2. The first-order valence-corrected chi connectivity index (χ1v) is 13.3. The summed E-state index contributed by atoms with van der Waals surface area (Å²) >= 11 is 17.2. The molecular formula is C26H20BrCl2N3O3S. The summed E-state index contributed by atoms with van der Waals surface area (Å²) in [5.41, 5.74) is 4.06. The van der Waals surface area contributed by atoms with E-state index in [1.54, 1.807) is 24.3 Å². The SMILES string of the molecule is O=C(O)CCNC(=O)c1ccc(C(Nc2nc(-c3ccc(Cl)c(Cl)c3)cs2)c2ccc(Br)cc2)cc1. The first-order chi connectivity index (χ1) is 17.3. The van der Waals surface area contributed by atoms with Crippen molar-refractivity contribution in [3.63, 3.8) is 0 Å². The van der Waals surface area contributed by atoms with Gasteiger partial charge in [0.15, 0.2) is 5.13 Å². The molecule has 184 valence electrons. The van der Waals surface area contributed by atoms with Gasteiger partial charge in [-0.25, -0.2) is 4.98 Å². The Bertz CT molecular complexity index is 1380. The second-order valence-corrected chi connectivity index (χ2v) is 10.4. The van der Waals surface area contributed by atoms with Crippen LogP contribution in [0.1, 0.15) is 33.9 Å². The third-order valence-electron chi connectivity index (χ3n) is 5.32. The molecule has 4 aromatic rings. The number of nitrogens with one attached hydrogen (secondary N) is 2. The van der Waals surface area contributed by atoms with Crippen LogP contribution >= 0.6 is 50.5 Å². The highest BCUT2D eigenvalue weighted by atomic mass is 79.9. The summed E-state index contributed by atoms with van der Waals surface area (Å²) < 4.78 is 0.967. The van der Waals surface area contributed by atoms with Gasteiger partial charge in [-0.05, 0) is 47.5 Å². The Kier molecular flexibility index (Phi) is 8.64. The molecule has 3 N–H and O–H groups in total. The third kappa shape index (κ3) is 6.64. The maximum atomic E-state index is 12.3. The van der Waals surface area contributed by atoms with Crippen LogP contribution in [0.2, 0.25) is 10.0 Å². The van der Waals surface area contributed by atoms with Crippen molar-refractivity contribution < 1.29 is 14.7 Å². The number of aliphatic carboxylic acids is 1. The standard InChI is InChI=1S/C26H20BrCl2N3O3S/c27-19-8-5-16(6-9-19)24(15-1-3-17(4-2-15)25(35)30-12-11-23(33)34)32-26-31-22(14-36-26)18-7-10-20(28)21(29)13-18/h1-10,13-14,24H,11-12H2,(H,30,35)(H,31,32)(H,33,34). The molecule has 1 unspecified atom stereocenters. The Labute approximate surface area is 230 Å². The topological polar surface area (TPSA) is 91.3 Å². The molecule has 1 aromatic heterocycles. The Morgan fingerprint density at radius 3 is 2.28 bits per heavy atom. The number of rotatable bonds is 9. The van der Waals surface area contributed by atoms with Crippen LogP contribution in [0, 0.1) is 0 Å². The van der Waals surface area contributed by atoms with E-state index in [9.17, 15) is 9.59 Å². The number of aromatic nitrogens is 1. The van der Waals surface area contributed by atoms with Gasteiger partial charge in [-0.15, -0.1) is 11.3 Å². The molecule has 0 aliphatic heterocycles. The van der Waals surface area contributed by atoms with Crippen LogP contribution in [-0.2, 0) is 4.79 Å². The Morgan fingerprint density at radius 2 is 1.64 bits per heavy atom. The Balaban J connectivity index is 1.57. The number of amides is 1. The van der Waals surface area contributed by atoms with Crippen LogP contribution in [0.25, 0.3) is 11.3 Å². The second kappa shape index (κ2) is 11.9. The maximum Gasteiger partial charge on any atom is 0.305 e. The molecule has 1 heterocycles. The van der Waals surface area contributed by atoms with E-state index in [0.29, 0.717) is 15.6 Å². The van der Waals surface area contributed by atoms with Crippen molar-refractivity contribution in [2.75, 3.05) is 11.9 Å². The van der Waals surface area contributed by atoms with Crippen molar-refractivity contribution in [1.29, 1.82) is 0 Å². The number of benzene rings is 3. The predicted molar refractivity (Wildman–Crippen MR) is 148 cm³/mol. The van der Waals surface area contributed by atoms with Crippen LogP contribution in [0.3, 0.4) is 0 Å². The molecule has 6 nitrogen and oxygen atoms in total. The van der Waals surface area contributed by atoms with E-state index in [4.69, 9.17) is 33.3 Å². The molecule has 0 radical (unpaired) electrons. The van der Waals surface area contributed by atoms with Gasteiger partial charge in [-0.1, -0.05) is 69.5 Å². The van der Waals surface area contributed by atoms with Crippen molar-refractivity contribution in [2.45, 2.75) is 12.5 Å². The number of nitrogens with zero attached hydrogens (tertiary/aromatic N) is 1. The summed E-state index contributed by atoms with van der Waals surface area (Å²) in [6.45, 7) is 0.0736. The lowest BCUT2D eigenvalue weighted by Crippen LogP contribution is -2.26. The zero-order chi connectivity index (χ0) is 25.7. The van der Waals surface area contributed by atoms with Crippen molar-refractivity contribution in [1.82, 2.24) is 10.3 Å². The van der Waals surface area contributed by atoms with Crippen LogP contribution in [0.5, 0.6) is 0 Å². The molecule has 1 atom stereocenters. The number of carboxylic acid groups (broad SMARTS) is 1. The Hall–Kier alpha value is -2.91. The minimum atomic E-state index is -0.960. The Morgan fingerprint density at radius 1 is 0.972 bits per heavy atom. The minimum Gasteiger partial charge on any atom is -0.481 e. The fourth-order valence-electron chi connectivity index (χ4n) is 3.48. The molecule has 0 fully saturated rings. The molecule has 0 aliphatic rings. The van der Waals surface area contributed by atoms with E-state index < -0.39 is 5.97 Å². The normalized spacial score (nSPS) is 11.6. The summed E-state index contributed by atoms with van der Waals surface area (Å²) in [5.74, 6) is -1.28. The second-order valence-electron chi connectivity index (χ2n) is 7.82. The number of thiazole rings is 1. The molecule has 3 aromatic carbocycles. The molecule has 36 heavy (non-hydrogen) atoms. The van der Waals surface area contributed by atoms with Crippen LogP contribution in [0.4, 0.5) is 5.13 Å². The maximum absolute atomic E-state index is 12.3. The van der Waals surface area contributed by atoms with Crippen molar-refractivity contribution >= 4 is 67.5 Å². The zero-order valence-corrected chi connectivity index (χ0v) is 22.6. The van der Waals surface area contributed by atoms with Gasteiger partial charge >= 0.3 is 5.97 Å². The molecule has 0 saturated heterocycles. The van der Waals surface area contributed by atoms with Crippen molar-refractivity contribution in [3.05, 3.63) is 103 Å². The smallest absolute Gasteiger partial charge is 0.305 e. The fraction of sp³-hybridized carbons (Fsp3) is 0.115. The number of anilines is 1. The number of carboxylic acids is 1. The lowest BCUT2D eigenvalue weighted by atomic mass is 9.97. The van der Waals surface area contributed by atoms with Crippen molar-refractivity contribution in [3.8, 4) is 11.3 Å². The molecular weight excluding hydrogens is 585 g/mol. The molecule has 0 spiro atoms. The molecule has 0 bridgehead atoms. The van der Waals surface area contributed by atoms with Gasteiger partial charge < -0.3 is 15.7 Å². The fourth-order valence-corrected chi connectivity index (χ4v) is 4.79. The summed E-state index contributed by atoms with van der Waals surface area (Å²) in [5, 5.41) is 18.5. The molecule has 0 saturated carbocycles. The molecule has 4 rings (SSSR count). The van der Waals surface area contributed by atoms with E-state index in [2.05, 4.69) is 26.6 Å². The molecule has 1 amide bonds. The van der Waals surface area contributed by atoms with E-state index >= 15 is 0 Å². The van der Waals surface area contributed by atoms with Gasteiger partial charge in [0.1, 0.15) is 0 Å². The highest BCUT2D eigenvalue weighted by Crippen LogP contribution is 2.33. The number of halogens is 3. The minimum absolute atomic E-state index is 0.0736. The van der Waals surface area contributed by atoms with Gasteiger partial charge in [-0.2, -0.15) is 0 Å². The number of hydrogen-bond donors (Lipinski definition) is 3. The largest absolute Gasteiger partial charge is 0.481 e. The highest BCUT2D eigenvalue weighted by molar-refractivity contribution is 9.10. The predicted octanol–water partition coefficient (Wildman–Crippen LogP) is 7.29. The third-order valence-corrected chi connectivity index (χ3v) is 7.36. The van der Waals surface area contributed by atoms with Crippen molar-refractivity contribution in [2.24, 2.45) is 0 Å². The highest BCUT2D eigenvalue weighted by Gasteiger charge is 2.18. The number of carbonyl (C=O) groups is 2. The van der Waals surface area contributed by atoms with Gasteiger partial charge in [0.25, 0.3) is 5.91 Å². The lowest BCUT2D eigenvalue weighted by molar-refractivity contribution is -0.136. The summed E-state index contributed by atoms with van der Waals surface area (Å²) in [7, 11) is 0. The first-order valence-electron chi connectivity index (χ1n) is 10.8.